The van der Waals surface area contributed by atoms with Crippen molar-refractivity contribution < 1.29 is 19.0 Å². The van der Waals surface area contributed by atoms with Crippen molar-refractivity contribution in [2.75, 3.05) is 26.1 Å². The number of carbonyl (C=O) groups excluding carboxylic acids is 1. The number of nitrogens with one attached hydrogen (secondary N) is 1. The molecule has 7 nitrogen and oxygen atoms in total. The van der Waals surface area contributed by atoms with Crippen LogP contribution >= 0.6 is 0 Å². The topological polar surface area (TPSA) is 74.6 Å². The summed E-state index contributed by atoms with van der Waals surface area (Å²) in [6.45, 7) is 4.35. The van der Waals surface area contributed by atoms with Gasteiger partial charge in [-0.15, -0.1) is 0 Å². The molecule has 1 N–H and O–H groups in total. The molecule has 0 bridgehead atoms. The number of rotatable bonds is 10. The lowest BCUT2D eigenvalue weighted by molar-refractivity contribution is 0.0455. The molecular weight excluding hydrogens is 490 g/mol. The maximum Gasteiger partial charge on any atom is 0.413 e. The van der Waals surface area contributed by atoms with Gasteiger partial charge in [0.2, 0.25) is 0 Å². The summed E-state index contributed by atoms with van der Waals surface area (Å²) in [5, 5.41) is 7.23. The first kappa shape index (κ1) is 26.3. The molecule has 1 heterocycles. The van der Waals surface area contributed by atoms with Crippen molar-refractivity contribution in [3.63, 3.8) is 0 Å². The van der Waals surface area contributed by atoms with Gasteiger partial charge >= 0.3 is 6.09 Å². The van der Waals surface area contributed by atoms with Crippen LogP contribution in [-0.4, -0.2) is 36.7 Å². The molecule has 3 aromatic carbocycles. The van der Waals surface area contributed by atoms with Crippen LogP contribution in [0.3, 0.4) is 0 Å². The van der Waals surface area contributed by atoms with Gasteiger partial charge in [-0.3, -0.25) is 10.00 Å². The van der Waals surface area contributed by atoms with Gasteiger partial charge in [-0.25, -0.2) is 4.79 Å². The minimum Gasteiger partial charge on any atom is -0.501 e. The summed E-state index contributed by atoms with van der Waals surface area (Å²) in [5.41, 5.74) is 6.03. The molecule has 0 radical (unpaired) electrons. The summed E-state index contributed by atoms with van der Waals surface area (Å²) < 4.78 is 18.0. The highest BCUT2D eigenvalue weighted by Crippen LogP contribution is 2.53. The molecule has 1 aliphatic rings. The summed E-state index contributed by atoms with van der Waals surface area (Å²) in [6, 6.07) is 26.4. The molecule has 1 saturated carbocycles. The van der Waals surface area contributed by atoms with Crippen molar-refractivity contribution in [2.45, 2.75) is 24.4 Å². The van der Waals surface area contributed by atoms with Crippen molar-refractivity contribution in [1.29, 1.82) is 0 Å². The normalized spacial score (nSPS) is 14.3. The van der Waals surface area contributed by atoms with Crippen LogP contribution in [0.25, 0.3) is 22.3 Å². The van der Waals surface area contributed by atoms with Gasteiger partial charge in [-0.1, -0.05) is 85.4 Å². The van der Waals surface area contributed by atoms with Crippen LogP contribution in [0.5, 0.6) is 0 Å². The van der Waals surface area contributed by atoms with E-state index in [-0.39, 0.29) is 12.0 Å². The first-order valence-corrected chi connectivity index (χ1v) is 12.9. The maximum absolute atomic E-state index is 12.9. The van der Waals surface area contributed by atoms with Gasteiger partial charge in [0.25, 0.3) is 0 Å². The van der Waals surface area contributed by atoms with Gasteiger partial charge in [-0.2, -0.15) is 5.10 Å². The first-order valence-electron chi connectivity index (χ1n) is 12.9. The number of allylic oxidation sites excluding steroid dienone is 1. The number of aromatic nitrogens is 2. The average molecular weight is 524 g/mol. The Kier molecular flexibility index (Phi) is 7.52. The zero-order valence-electron chi connectivity index (χ0n) is 22.5. The van der Waals surface area contributed by atoms with Crippen molar-refractivity contribution in [2.24, 2.45) is 7.05 Å². The van der Waals surface area contributed by atoms with E-state index < -0.39 is 12.2 Å². The third-order valence-corrected chi connectivity index (χ3v) is 7.39. The number of hydrogen-bond donors (Lipinski definition) is 1. The standard InChI is InChI=1S/C32H33N3O4/c1-22(38-4)32(18-19-32)27-16-14-24(15-17-27)23-10-12-25(13-11-23)28-20-33-35(2)30(28)34-31(36)39-29(21-37-3)26-8-6-5-7-9-26/h5-17,20,29H,1,18-19,21H2,2-4H3,(H,34,36). The molecule has 39 heavy (non-hydrogen) atoms. The van der Waals surface area contributed by atoms with E-state index in [9.17, 15) is 4.79 Å². The van der Waals surface area contributed by atoms with Gasteiger partial charge in [0.15, 0.2) is 6.10 Å². The van der Waals surface area contributed by atoms with E-state index in [0.717, 1.165) is 46.4 Å². The Hall–Kier alpha value is -4.36. The number of benzene rings is 3. The predicted octanol–water partition coefficient (Wildman–Crippen LogP) is 6.88. The van der Waals surface area contributed by atoms with E-state index in [1.807, 2.05) is 42.5 Å². The number of hydrogen-bond acceptors (Lipinski definition) is 5. The monoisotopic (exact) mass is 523 g/mol. The molecule has 4 aromatic rings. The van der Waals surface area contributed by atoms with Crippen molar-refractivity contribution in [1.82, 2.24) is 9.78 Å². The molecule has 1 fully saturated rings. The lowest BCUT2D eigenvalue weighted by Crippen LogP contribution is -2.21. The Labute approximate surface area is 229 Å². The van der Waals surface area contributed by atoms with E-state index in [0.29, 0.717) is 5.82 Å². The molecule has 0 aliphatic heterocycles. The van der Waals surface area contributed by atoms with Crippen molar-refractivity contribution >= 4 is 11.9 Å². The van der Waals surface area contributed by atoms with Crippen LogP contribution in [0.2, 0.25) is 0 Å². The minimum absolute atomic E-state index is 0.0350. The third kappa shape index (κ3) is 5.45. The number of anilines is 1. The van der Waals surface area contributed by atoms with Gasteiger partial charge in [-0.05, 0) is 40.7 Å². The lowest BCUT2D eigenvalue weighted by atomic mass is 9.92. The molecule has 200 valence electrons. The lowest BCUT2D eigenvalue weighted by Gasteiger charge is -2.18. The van der Waals surface area contributed by atoms with Crippen molar-refractivity contribution in [3.05, 3.63) is 109 Å². The fourth-order valence-electron chi connectivity index (χ4n) is 4.94. The molecule has 5 rings (SSSR count). The highest BCUT2D eigenvalue weighted by molar-refractivity contribution is 5.90. The van der Waals surface area contributed by atoms with E-state index in [2.05, 4.69) is 53.4 Å². The van der Waals surface area contributed by atoms with Crippen LogP contribution in [0.1, 0.15) is 30.1 Å². The van der Waals surface area contributed by atoms with Gasteiger partial charge < -0.3 is 14.2 Å². The zero-order valence-corrected chi connectivity index (χ0v) is 22.5. The molecule has 1 atom stereocenters. The quantitative estimate of drug-likeness (QED) is 0.229. The molecule has 1 unspecified atom stereocenters. The van der Waals surface area contributed by atoms with Crippen LogP contribution in [0.4, 0.5) is 10.6 Å². The van der Waals surface area contributed by atoms with Crippen LogP contribution in [0, 0.1) is 0 Å². The Morgan fingerprint density at radius 3 is 2.18 bits per heavy atom. The highest BCUT2D eigenvalue weighted by Gasteiger charge is 2.48. The van der Waals surface area contributed by atoms with Gasteiger partial charge in [0, 0.05) is 19.7 Å². The summed E-state index contributed by atoms with van der Waals surface area (Å²) in [4.78, 5) is 12.9. The Bertz CT molecular complexity index is 1440. The second-order valence-corrected chi connectivity index (χ2v) is 9.78. The average Bonchev–Trinajstić information content (AvgIpc) is 3.71. The maximum atomic E-state index is 12.9. The zero-order chi connectivity index (χ0) is 27.4. The Morgan fingerprint density at radius 1 is 0.974 bits per heavy atom. The Balaban J connectivity index is 1.30. The Morgan fingerprint density at radius 2 is 1.59 bits per heavy atom. The molecule has 1 aromatic heterocycles. The summed E-state index contributed by atoms with van der Waals surface area (Å²) in [5.74, 6) is 1.38. The fourth-order valence-corrected chi connectivity index (χ4v) is 4.94. The van der Waals surface area contributed by atoms with E-state index >= 15 is 0 Å². The number of carbonyl (C=O) groups is 1. The molecule has 0 spiro atoms. The van der Waals surface area contributed by atoms with Crippen molar-refractivity contribution in [3.8, 4) is 22.3 Å². The minimum atomic E-state index is -0.577. The number of aryl methyl sites for hydroxylation is 1. The number of methoxy groups -OCH3 is 2. The van der Waals surface area contributed by atoms with Gasteiger partial charge in [0.1, 0.15) is 5.82 Å². The number of ether oxygens (including phenoxy) is 3. The number of amides is 1. The number of nitrogens with zero attached hydrogens (tertiary/aromatic N) is 2. The second-order valence-electron chi connectivity index (χ2n) is 9.78. The van der Waals surface area contributed by atoms with E-state index in [1.54, 1.807) is 32.1 Å². The predicted molar refractivity (Wildman–Crippen MR) is 152 cm³/mol. The van der Waals surface area contributed by atoms with E-state index in [1.165, 1.54) is 5.56 Å². The smallest absolute Gasteiger partial charge is 0.413 e. The molecule has 1 aliphatic carbocycles. The molecule has 7 heteroatoms. The van der Waals surface area contributed by atoms with E-state index in [4.69, 9.17) is 14.2 Å². The SMILES string of the molecule is C=C(OC)C1(c2ccc(-c3ccc(-c4cnn(C)c4NC(=O)OC(COC)c4ccccc4)cc3)cc2)CC1. The largest absolute Gasteiger partial charge is 0.501 e. The van der Waals surface area contributed by atoms with Gasteiger partial charge in [0.05, 0.1) is 31.1 Å². The van der Waals surface area contributed by atoms with Crippen LogP contribution in [0.15, 0.2) is 97.4 Å². The first-order chi connectivity index (χ1) is 18.9. The van der Waals surface area contributed by atoms with Crippen LogP contribution < -0.4 is 5.32 Å². The molecule has 1 amide bonds. The summed E-state index contributed by atoms with van der Waals surface area (Å²) in [6.07, 6.45) is 2.78. The molecule has 0 saturated heterocycles. The summed E-state index contributed by atoms with van der Waals surface area (Å²) in [7, 11) is 5.05. The molecular formula is C32H33N3O4. The third-order valence-electron chi connectivity index (χ3n) is 7.39. The summed E-state index contributed by atoms with van der Waals surface area (Å²) >= 11 is 0. The fraction of sp³-hybridized carbons (Fsp3) is 0.250. The second kappa shape index (κ2) is 11.2. The highest BCUT2D eigenvalue weighted by atomic mass is 16.6. The van der Waals surface area contributed by atoms with Crippen LogP contribution in [-0.2, 0) is 26.7 Å².